The lowest BCUT2D eigenvalue weighted by Gasteiger charge is -2.30. The number of nitrogens with one attached hydrogen (secondary N) is 1. The molecule has 0 bridgehead atoms. The monoisotopic (exact) mass is 222 g/mol. The van der Waals surface area contributed by atoms with Crippen LogP contribution in [0.5, 0.6) is 0 Å². The Morgan fingerprint density at radius 3 is 3.06 bits per heavy atom. The maximum Gasteiger partial charge on any atom is 0.220 e. The fourth-order valence-corrected chi connectivity index (χ4v) is 2.11. The molecule has 1 aromatic rings. The highest BCUT2D eigenvalue weighted by Crippen LogP contribution is 2.24. The first-order valence-electron chi connectivity index (χ1n) is 5.68. The predicted molar refractivity (Wildman–Crippen MR) is 60.7 cm³/mol. The van der Waals surface area contributed by atoms with Gasteiger partial charge in [0.25, 0.3) is 0 Å². The number of carbonyl (C=O) groups excluding carboxylic acids is 1. The third-order valence-corrected chi connectivity index (χ3v) is 2.96. The van der Waals surface area contributed by atoms with Crippen molar-refractivity contribution < 1.29 is 4.79 Å². The Bertz CT molecular complexity index is 385. The molecule has 0 saturated carbocycles. The summed E-state index contributed by atoms with van der Waals surface area (Å²) in [5.74, 6) is 0.0724. The van der Waals surface area contributed by atoms with Gasteiger partial charge in [-0.15, -0.1) is 0 Å². The van der Waals surface area contributed by atoms with Crippen LogP contribution in [0.3, 0.4) is 0 Å². The van der Waals surface area contributed by atoms with Crippen LogP contribution in [0.2, 0.25) is 0 Å². The zero-order valence-electron chi connectivity index (χ0n) is 9.68. The molecule has 1 aliphatic heterocycles. The summed E-state index contributed by atoms with van der Waals surface area (Å²) in [6.07, 6.45) is 3.01. The summed E-state index contributed by atoms with van der Waals surface area (Å²) in [6, 6.07) is 2.07. The van der Waals surface area contributed by atoms with E-state index in [0.29, 0.717) is 6.42 Å². The summed E-state index contributed by atoms with van der Waals surface area (Å²) in [5.41, 5.74) is 7.04. The van der Waals surface area contributed by atoms with E-state index in [0.717, 1.165) is 12.1 Å². The Labute approximate surface area is 95.0 Å². The maximum absolute atomic E-state index is 11.4. The average molecular weight is 222 g/mol. The van der Waals surface area contributed by atoms with Crippen LogP contribution in [-0.4, -0.2) is 21.7 Å². The predicted octanol–water partition coefficient (Wildman–Crippen LogP) is 0.742. The van der Waals surface area contributed by atoms with Crippen LogP contribution < -0.4 is 11.1 Å². The second-order valence-electron chi connectivity index (χ2n) is 4.54. The first-order chi connectivity index (χ1) is 7.59. The SMILES string of the molecule is CC(C)n1nccc1C1NC(=O)CCC1N. The Morgan fingerprint density at radius 1 is 1.62 bits per heavy atom. The minimum absolute atomic E-state index is 0.0214. The first-order valence-corrected chi connectivity index (χ1v) is 5.68. The molecular weight excluding hydrogens is 204 g/mol. The van der Waals surface area contributed by atoms with E-state index in [1.54, 1.807) is 6.20 Å². The number of carbonyl (C=O) groups is 1. The van der Waals surface area contributed by atoms with E-state index in [1.165, 1.54) is 0 Å². The second kappa shape index (κ2) is 4.25. The van der Waals surface area contributed by atoms with Gasteiger partial charge < -0.3 is 11.1 Å². The number of rotatable bonds is 2. The third-order valence-electron chi connectivity index (χ3n) is 2.96. The van der Waals surface area contributed by atoms with Crippen LogP contribution in [0.15, 0.2) is 12.3 Å². The highest BCUT2D eigenvalue weighted by Gasteiger charge is 2.29. The van der Waals surface area contributed by atoms with Crippen LogP contribution in [0.4, 0.5) is 0 Å². The fourth-order valence-electron chi connectivity index (χ4n) is 2.11. The Kier molecular flexibility index (Phi) is 2.96. The van der Waals surface area contributed by atoms with Gasteiger partial charge in [0.2, 0.25) is 5.91 Å². The van der Waals surface area contributed by atoms with Gasteiger partial charge in [0, 0.05) is 24.7 Å². The molecule has 0 radical (unpaired) electrons. The average Bonchev–Trinajstić information content (AvgIpc) is 2.70. The van der Waals surface area contributed by atoms with Crippen molar-refractivity contribution in [3.8, 4) is 0 Å². The molecule has 5 heteroatoms. The number of piperidine rings is 1. The van der Waals surface area contributed by atoms with Crippen molar-refractivity contribution in [3.63, 3.8) is 0 Å². The quantitative estimate of drug-likeness (QED) is 0.775. The number of nitrogens with two attached hydrogens (primary N) is 1. The zero-order valence-corrected chi connectivity index (χ0v) is 9.68. The molecule has 5 nitrogen and oxygen atoms in total. The van der Waals surface area contributed by atoms with Gasteiger partial charge in [-0.3, -0.25) is 9.48 Å². The van der Waals surface area contributed by atoms with Crippen molar-refractivity contribution in [2.75, 3.05) is 0 Å². The molecule has 2 atom stereocenters. The molecule has 3 N–H and O–H groups in total. The van der Waals surface area contributed by atoms with Crippen LogP contribution in [0.1, 0.15) is 44.5 Å². The molecule has 1 fully saturated rings. The van der Waals surface area contributed by atoms with E-state index in [4.69, 9.17) is 5.73 Å². The number of nitrogens with zero attached hydrogens (tertiary/aromatic N) is 2. The Hall–Kier alpha value is -1.36. The smallest absolute Gasteiger partial charge is 0.220 e. The Morgan fingerprint density at radius 2 is 2.38 bits per heavy atom. The van der Waals surface area contributed by atoms with Gasteiger partial charge in [0.15, 0.2) is 0 Å². The fraction of sp³-hybridized carbons (Fsp3) is 0.636. The van der Waals surface area contributed by atoms with Crippen molar-refractivity contribution in [2.45, 2.75) is 44.8 Å². The van der Waals surface area contributed by atoms with Crippen molar-refractivity contribution in [2.24, 2.45) is 5.73 Å². The summed E-state index contributed by atoms with van der Waals surface area (Å²) < 4.78 is 1.91. The lowest BCUT2D eigenvalue weighted by molar-refractivity contribution is -0.123. The van der Waals surface area contributed by atoms with Gasteiger partial charge in [-0.1, -0.05) is 0 Å². The normalized spacial score (nSPS) is 25.9. The van der Waals surface area contributed by atoms with Crippen molar-refractivity contribution in [1.29, 1.82) is 0 Å². The third kappa shape index (κ3) is 1.95. The zero-order chi connectivity index (χ0) is 11.7. The van der Waals surface area contributed by atoms with Crippen LogP contribution in [-0.2, 0) is 4.79 Å². The Balaban J connectivity index is 2.27. The van der Waals surface area contributed by atoms with E-state index < -0.39 is 0 Å². The molecule has 0 spiro atoms. The molecule has 2 rings (SSSR count). The van der Waals surface area contributed by atoms with E-state index in [-0.39, 0.29) is 24.0 Å². The van der Waals surface area contributed by atoms with E-state index in [9.17, 15) is 4.79 Å². The standard InChI is InChI=1S/C11H18N4O/c1-7(2)15-9(5-6-13-15)11-8(12)3-4-10(16)14-11/h5-8,11H,3-4,12H2,1-2H3,(H,14,16). The maximum atomic E-state index is 11.4. The molecule has 16 heavy (non-hydrogen) atoms. The molecule has 88 valence electrons. The van der Waals surface area contributed by atoms with Crippen molar-refractivity contribution >= 4 is 5.91 Å². The highest BCUT2D eigenvalue weighted by molar-refractivity contribution is 5.77. The minimum Gasteiger partial charge on any atom is -0.346 e. The van der Waals surface area contributed by atoms with Crippen LogP contribution in [0.25, 0.3) is 0 Å². The van der Waals surface area contributed by atoms with Gasteiger partial charge in [-0.2, -0.15) is 5.10 Å². The van der Waals surface area contributed by atoms with Gasteiger partial charge in [0.05, 0.1) is 11.7 Å². The van der Waals surface area contributed by atoms with Crippen molar-refractivity contribution in [3.05, 3.63) is 18.0 Å². The number of aromatic nitrogens is 2. The molecule has 2 heterocycles. The minimum atomic E-state index is -0.105. The number of hydrogen-bond acceptors (Lipinski definition) is 3. The van der Waals surface area contributed by atoms with Crippen molar-refractivity contribution in [1.82, 2.24) is 15.1 Å². The topological polar surface area (TPSA) is 72.9 Å². The first kappa shape index (κ1) is 11.1. The van der Waals surface area contributed by atoms with Gasteiger partial charge in [-0.25, -0.2) is 0 Å². The highest BCUT2D eigenvalue weighted by atomic mass is 16.1. The van der Waals surface area contributed by atoms with E-state index in [2.05, 4.69) is 24.3 Å². The largest absolute Gasteiger partial charge is 0.346 e. The second-order valence-corrected chi connectivity index (χ2v) is 4.54. The summed E-state index contributed by atoms with van der Waals surface area (Å²) in [5, 5.41) is 7.20. The lowest BCUT2D eigenvalue weighted by atomic mass is 9.96. The van der Waals surface area contributed by atoms with E-state index in [1.807, 2.05) is 10.7 Å². The number of hydrogen-bond donors (Lipinski definition) is 2. The molecule has 0 aliphatic carbocycles. The summed E-state index contributed by atoms with van der Waals surface area (Å²) in [4.78, 5) is 11.4. The lowest BCUT2D eigenvalue weighted by Crippen LogP contribution is -2.46. The summed E-state index contributed by atoms with van der Waals surface area (Å²) in [6.45, 7) is 4.12. The summed E-state index contributed by atoms with van der Waals surface area (Å²) >= 11 is 0. The van der Waals surface area contributed by atoms with Crippen LogP contribution in [0, 0.1) is 0 Å². The van der Waals surface area contributed by atoms with Gasteiger partial charge in [-0.05, 0) is 26.3 Å². The van der Waals surface area contributed by atoms with Gasteiger partial charge >= 0.3 is 0 Å². The summed E-state index contributed by atoms with van der Waals surface area (Å²) in [7, 11) is 0. The van der Waals surface area contributed by atoms with Gasteiger partial charge in [0.1, 0.15) is 0 Å². The van der Waals surface area contributed by atoms with Crippen LogP contribution >= 0.6 is 0 Å². The van der Waals surface area contributed by atoms with E-state index >= 15 is 0 Å². The molecule has 1 aliphatic rings. The molecule has 2 unspecified atom stereocenters. The molecule has 1 amide bonds. The molecular formula is C11H18N4O. The molecule has 1 saturated heterocycles. The number of amides is 1. The molecule has 0 aromatic carbocycles. The molecule has 1 aromatic heterocycles.